The van der Waals surface area contributed by atoms with Gasteiger partial charge in [0.1, 0.15) is 6.00 Å². The van der Waals surface area contributed by atoms with Gasteiger partial charge in [0.2, 0.25) is 0 Å². The Bertz CT molecular complexity index is 728. The van der Waals surface area contributed by atoms with E-state index >= 15 is 0 Å². The molecule has 0 bridgehead atoms. The lowest BCUT2D eigenvalue weighted by Gasteiger charge is -2.32. The Balaban J connectivity index is 1.98. The number of amides is 1. The lowest BCUT2D eigenvalue weighted by atomic mass is 10.2. The van der Waals surface area contributed by atoms with E-state index in [2.05, 4.69) is 4.98 Å². The maximum atomic E-state index is 11.6. The van der Waals surface area contributed by atoms with Crippen LogP contribution >= 0.6 is 22.3 Å². The molecule has 1 aliphatic rings. The minimum Gasteiger partial charge on any atom is -0.360 e. The monoisotopic (exact) mass is 325 g/mol. The molecule has 21 heavy (non-hydrogen) atoms. The third-order valence-electron chi connectivity index (χ3n) is 3.42. The van der Waals surface area contributed by atoms with Gasteiger partial charge in [-0.25, -0.2) is 4.98 Å². The van der Waals surface area contributed by atoms with Gasteiger partial charge in [0.05, 0.1) is 23.0 Å². The molecule has 0 saturated heterocycles. The first-order valence-electron chi connectivity index (χ1n) is 6.50. The van der Waals surface area contributed by atoms with Crippen LogP contribution in [-0.4, -0.2) is 37.1 Å². The Morgan fingerprint density at radius 2 is 2.38 bits per heavy atom. The summed E-state index contributed by atoms with van der Waals surface area (Å²) in [6, 6.07) is 6.20. The van der Waals surface area contributed by atoms with Crippen molar-refractivity contribution in [1.29, 1.82) is 0 Å². The molecule has 0 aliphatic carbocycles. The van der Waals surface area contributed by atoms with Crippen molar-refractivity contribution in [3.8, 4) is 0 Å². The summed E-state index contributed by atoms with van der Waals surface area (Å²) >= 11 is 6.11. The van der Waals surface area contributed by atoms with Gasteiger partial charge in [0.25, 0.3) is 5.24 Å². The number of hydrogen-bond donors (Lipinski definition) is 1. The van der Waals surface area contributed by atoms with Crippen molar-refractivity contribution in [1.82, 2.24) is 14.0 Å². The predicted molar refractivity (Wildman–Crippen MR) is 88.5 cm³/mol. The van der Waals surface area contributed by atoms with Crippen molar-refractivity contribution in [2.24, 2.45) is 12.8 Å². The van der Waals surface area contributed by atoms with E-state index in [9.17, 15) is 4.79 Å². The third kappa shape index (κ3) is 2.52. The van der Waals surface area contributed by atoms with Gasteiger partial charge in [-0.1, -0.05) is 0 Å². The number of carbonyl (C=O) groups is 1. The molecule has 1 aromatic heterocycles. The molecular formula is C13H16ClN5OS. The zero-order valence-corrected chi connectivity index (χ0v) is 13.1. The first kappa shape index (κ1) is 14.4. The second-order valence-electron chi connectivity index (χ2n) is 4.71. The molecule has 2 N–H and O–H groups in total. The average Bonchev–Trinajstić information content (AvgIpc) is 3.08. The van der Waals surface area contributed by atoms with Crippen LogP contribution in [0.5, 0.6) is 0 Å². The van der Waals surface area contributed by atoms with Gasteiger partial charge in [-0.15, -0.1) is 11.6 Å². The summed E-state index contributed by atoms with van der Waals surface area (Å²) in [7, 11) is 1.24. The van der Waals surface area contributed by atoms with Crippen molar-refractivity contribution < 1.29 is 4.79 Å². The number of halogens is 1. The lowest BCUT2D eigenvalue weighted by Crippen LogP contribution is -2.38. The SMILES string of the molecule is Cn1cnc2cc(N(CCl)N3CCC=S3C(N)=O)ccc21. The van der Waals surface area contributed by atoms with E-state index in [0.717, 1.165) is 29.7 Å². The Hall–Kier alpha value is -1.57. The molecule has 1 aliphatic heterocycles. The number of anilines is 1. The Labute approximate surface area is 130 Å². The molecule has 0 spiro atoms. The van der Waals surface area contributed by atoms with E-state index in [-0.39, 0.29) is 11.2 Å². The number of rotatable bonds is 3. The van der Waals surface area contributed by atoms with Crippen LogP contribution in [0.2, 0.25) is 0 Å². The topological polar surface area (TPSA) is 67.4 Å². The highest BCUT2D eigenvalue weighted by atomic mass is 35.5. The minimum absolute atomic E-state index is 0.253. The summed E-state index contributed by atoms with van der Waals surface area (Å²) in [5.74, 6) is 0. The van der Waals surface area contributed by atoms with Crippen molar-refractivity contribution in [2.45, 2.75) is 6.42 Å². The summed E-state index contributed by atoms with van der Waals surface area (Å²) in [6.45, 7) is 0.735. The first-order chi connectivity index (χ1) is 10.1. The van der Waals surface area contributed by atoms with Crippen LogP contribution in [0.3, 0.4) is 0 Å². The molecular weight excluding hydrogens is 310 g/mol. The van der Waals surface area contributed by atoms with Gasteiger partial charge in [-0.05, 0) is 40.7 Å². The van der Waals surface area contributed by atoms with Gasteiger partial charge < -0.3 is 10.3 Å². The molecule has 1 unspecified atom stereocenters. The standard InChI is InChI=1S/C13H16ClN5OS/c1-17-9-16-11-7-10(3-4-12(11)17)18(8-14)19-5-2-6-21(19)13(15)20/h3-4,6-7,9H,2,5,8H2,1H3,(H2,15,20). The van der Waals surface area contributed by atoms with Gasteiger partial charge in [-0.2, -0.15) is 4.41 Å². The maximum absolute atomic E-state index is 11.6. The number of alkyl halides is 1. The van der Waals surface area contributed by atoms with Gasteiger partial charge in [0.15, 0.2) is 0 Å². The van der Waals surface area contributed by atoms with E-state index in [1.807, 2.05) is 44.6 Å². The fraction of sp³-hybridized carbons (Fsp3) is 0.308. The van der Waals surface area contributed by atoms with Crippen molar-refractivity contribution in [3.05, 3.63) is 24.5 Å². The van der Waals surface area contributed by atoms with Crippen LogP contribution in [0.25, 0.3) is 11.0 Å². The molecule has 1 aromatic carbocycles. The quantitative estimate of drug-likeness (QED) is 0.534. The smallest absolute Gasteiger partial charge is 0.286 e. The number of hydrazine groups is 1. The highest BCUT2D eigenvalue weighted by molar-refractivity contribution is 8.25. The number of carbonyl (C=O) groups excluding carboxylic acids is 1. The first-order valence-corrected chi connectivity index (χ1v) is 8.27. The normalized spacial score (nSPS) is 18.9. The summed E-state index contributed by atoms with van der Waals surface area (Å²) in [5.41, 5.74) is 8.32. The molecule has 1 atom stereocenters. The Morgan fingerprint density at radius 1 is 1.57 bits per heavy atom. The van der Waals surface area contributed by atoms with Crippen molar-refractivity contribution in [3.63, 3.8) is 0 Å². The number of primary amides is 1. The van der Waals surface area contributed by atoms with Crippen LogP contribution < -0.4 is 10.7 Å². The van der Waals surface area contributed by atoms with Gasteiger partial charge in [0, 0.05) is 13.6 Å². The van der Waals surface area contributed by atoms with Crippen LogP contribution in [0, 0.1) is 0 Å². The number of nitrogens with two attached hydrogens (primary N) is 1. The zero-order valence-electron chi connectivity index (χ0n) is 11.6. The largest absolute Gasteiger partial charge is 0.360 e. The summed E-state index contributed by atoms with van der Waals surface area (Å²) in [5, 5.41) is 3.50. The highest BCUT2D eigenvalue weighted by Crippen LogP contribution is 2.32. The number of benzene rings is 1. The molecule has 0 saturated carbocycles. The molecule has 2 aromatic rings. The third-order valence-corrected chi connectivity index (χ3v) is 5.44. The molecule has 6 nitrogen and oxygen atoms in total. The second-order valence-corrected chi connectivity index (χ2v) is 6.74. The number of fused-ring (bicyclic) bond motifs is 1. The fourth-order valence-electron chi connectivity index (χ4n) is 2.41. The second kappa shape index (κ2) is 5.67. The molecule has 0 fully saturated rings. The van der Waals surface area contributed by atoms with E-state index in [1.54, 1.807) is 6.33 Å². The molecule has 1 amide bonds. The summed E-state index contributed by atoms with van der Waals surface area (Å²) in [6.07, 6.45) is 2.60. The van der Waals surface area contributed by atoms with Crippen LogP contribution in [0.4, 0.5) is 10.5 Å². The summed E-state index contributed by atoms with van der Waals surface area (Å²) in [4.78, 5) is 15.9. The molecule has 112 valence electrons. The van der Waals surface area contributed by atoms with E-state index in [0.29, 0.717) is 0 Å². The number of aryl methyl sites for hydroxylation is 1. The number of hydrogen-bond acceptors (Lipinski definition) is 4. The lowest BCUT2D eigenvalue weighted by molar-refractivity contribution is 0.266. The molecule has 2 heterocycles. The maximum Gasteiger partial charge on any atom is 0.286 e. The van der Waals surface area contributed by atoms with Crippen LogP contribution in [0.15, 0.2) is 24.5 Å². The van der Waals surface area contributed by atoms with Gasteiger partial charge >= 0.3 is 0 Å². The molecule has 3 rings (SSSR count). The minimum atomic E-state index is -0.713. The highest BCUT2D eigenvalue weighted by Gasteiger charge is 2.25. The Morgan fingerprint density at radius 3 is 3.10 bits per heavy atom. The van der Waals surface area contributed by atoms with Crippen molar-refractivity contribution in [2.75, 3.05) is 17.6 Å². The summed E-state index contributed by atoms with van der Waals surface area (Å²) < 4.78 is 3.89. The molecule has 0 radical (unpaired) electrons. The number of aromatic nitrogens is 2. The number of nitrogens with zero attached hydrogens (tertiary/aromatic N) is 4. The predicted octanol–water partition coefficient (Wildman–Crippen LogP) is 2.26. The van der Waals surface area contributed by atoms with E-state index in [4.69, 9.17) is 17.3 Å². The van der Waals surface area contributed by atoms with Crippen molar-refractivity contribution >= 4 is 49.6 Å². The molecule has 8 heteroatoms. The Kier molecular flexibility index (Phi) is 3.88. The number of imidazole rings is 1. The fourth-order valence-corrected chi connectivity index (χ4v) is 4.28. The van der Waals surface area contributed by atoms with E-state index < -0.39 is 10.7 Å². The van der Waals surface area contributed by atoms with Crippen LogP contribution in [0.1, 0.15) is 6.42 Å². The van der Waals surface area contributed by atoms with Gasteiger partial charge in [-0.3, -0.25) is 9.80 Å². The average molecular weight is 326 g/mol. The van der Waals surface area contributed by atoms with Crippen LogP contribution in [-0.2, 0) is 7.05 Å². The zero-order chi connectivity index (χ0) is 15.0. The van der Waals surface area contributed by atoms with E-state index in [1.165, 1.54) is 0 Å².